The van der Waals surface area contributed by atoms with Gasteiger partial charge in [0.05, 0.1) is 12.8 Å². The molecular formula is C19H18BrN3O. The second-order valence-electron chi connectivity index (χ2n) is 5.90. The minimum absolute atomic E-state index is 0.835. The van der Waals surface area contributed by atoms with Gasteiger partial charge < -0.3 is 10.1 Å². The van der Waals surface area contributed by atoms with Crippen molar-refractivity contribution in [3.63, 3.8) is 0 Å². The fourth-order valence-corrected chi connectivity index (χ4v) is 3.59. The average Bonchev–Trinajstić information content (AvgIpc) is 3.18. The minimum atomic E-state index is 0.835. The second-order valence-corrected chi connectivity index (χ2v) is 6.81. The molecule has 0 aliphatic carbocycles. The molecule has 122 valence electrons. The molecule has 4 rings (SSSR count). The third kappa shape index (κ3) is 2.40. The van der Waals surface area contributed by atoms with Gasteiger partial charge in [-0.2, -0.15) is 5.10 Å². The van der Waals surface area contributed by atoms with Gasteiger partial charge in [0.1, 0.15) is 17.3 Å². The number of nitrogens with zero attached hydrogens (tertiary/aromatic N) is 2. The minimum Gasteiger partial charge on any atom is -0.496 e. The van der Waals surface area contributed by atoms with E-state index in [1.54, 1.807) is 7.11 Å². The second kappa shape index (κ2) is 5.98. The molecule has 0 radical (unpaired) electrons. The molecule has 0 bridgehead atoms. The molecule has 2 aromatic carbocycles. The molecule has 5 heteroatoms. The molecule has 1 aliphatic heterocycles. The van der Waals surface area contributed by atoms with E-state index in [-0.39, 0.29) is 0 Å². The summed E-state index contributed by atoms with van der Waals surface area (Å²) >= 11 is 3.56. The number of rotatable bonds is 3. The van der Waals surface area contributed by atoms with Gasteiger partial charge >= 0.3 is 0 Å². The Labute approximate surface area is 149 Å². The van der Waals surface area contributed by atoms with E-state index in [9.17, 15) is 0 Å². The summed E-state index contributed by atoms with van der Waals surface area (Å²) in [5.41, 5.74) is 5.54. The number of nitrogens with one attached hydrogen (secondary N) is 1. The lowest BCUT2D eigenvalue weighted by molar-refractivity contribution is 0.416. The number of aryl methyl sites for hydroxylation is 1. The van der Waals surface area contributed by atoms with Gasteiger partial charge in [-0.25, -0.2) is 4.68 Å². The molecule has 0 saturated carbocycles. The van der Waals surface area contributed by atoms with Crippen LogP contribution in [0.4, 0.5) is 5.82 Å². The number of hydrogen-bond donors (Lipinski definition) is 1. The van der Waals surface area contributed by atoms with Crippen LogP contribution in [-0.2, 0) is 6.42 Å². The van der Waals surface area contributed by atoms with E-state index in [0.717, 1.165) is 46.0 Å². The zero-order valence-electron chi connectivity index (χ0n) is 13.6. The van der Waals surface area contributed by atoms with E-state index in [2.05, 4.69) is 46.4 Å². The summed E-state index contributed by atoms with van der Waals surface area (Å²) in [7, 11) is 1.70. The van der Waals surface area contributed by atoms with Crippen molar-refractivity contribution in [3.05, 3.63) is 58.1 Å². The average molecular weight is 384 g/mol. The topological polar surface area (TPSA) is 39.1 Å². The zero-order chi connectivity index (χ0) is 16.7. The molecule has 0 saturated heterocycles. The van der Waals surface area contributed by atoms with Crippen LogP contribution in [0.15, 0.2) is 46.9 Å². The van der Waals surface area contributed by atoms with Gasteiger partial charge in [-0.1, -0.05) is 34.1 Å². The first-order valence-electron chi connectivity index (χ1n) is 7.94. The molecule has 24 heavy (non-hydrogen) atoms. The number of fused-ring (bicyclic) bond motifs is 1. The van der Waals surface area contributed by atoms with E-state index in [0.29, 0.717) is 0 Å². The molecule has 1 aromatic heterocycles. The van der Waals surface area contributed by atoms with Gasteiger partial charge in [0.25, 0.3) is 0 Å². The Bertz CT molecular complexity index is 917. The summed E-state index contributed by atoms with van der Waals surface area (Å²) in [6.45, 7) is 3.04. The Morgan fingerprint density at radius 2 is 2.04 bits per heavy atom. The molecule has 4 nitrogen and oxygen atoms in total. The molecule has 1 aliphatic rings. The Morgan fingerprint density at radius 1 is 1.21 bits per heavy atom. The highest BCUT2D eigenvalue weighted by Crippen LogP contribution is 2.39. The van der Waals surface area contributed by atoms with E-state index >= 15 is 0 Å². The Balaban J connectivity index is 1.95. The van der Waals surface area contributed by atoms with Gasteiger partial charge in [-0.05, 0) is 43.2 Å². The smallest absolute Gasteiger partial charge is 0.133 e. The van der Waals surface area contributed by atoms with Crippen LogP contribution in [0.1, 0.15) is 11.1 Å². The van der Waals surface area contributed by atoms with Gasteiger partial charge in [0.15, 0.2) is 0 Å². The third-order valence-corrected chi connectivity index (χ3v) is 4.90. The summed E-state index contributed by atoms with van der Waals surface area (Å²) in [6, 6.07) is 14.3. The standard InChI is InChI=1S/C19H18BrN3O/c1-12-5-3-4-6-16(12)23-19-14(9-10-21-19)18(22-23)15-11-13(20)7-8-17(15)24-2/h3-8,11,21H,9-10H2,1-2H3. The fourth-order valence-electron chi connectivity index (χ4n) is 3.23. The maximum Gasteiger partial charge on any atom is 0.133 e. The van der Waals surface area contributed by atoms with Gasteiger partial charge in [-0.3, -0.25) is 0 Å². The van der Waals surface area contributed by atoms with E-state index < -0.39 is 0 Å². The van der Waals surface area contributed by atoms with Crippen LogP contribution >= 0.6 is 15.9 Å². The van der Waals surface area contributed by atoms with Crippen molar-refractivity contribution in [2.45, 2.75) is 13.3 Å². The number of anilines is 1. The Kier molecular flexibility index (Phi) is 3.81. The lowest BCUT2D eigenvalue weighted by atomic mass is 10.1. The molecular weight excluding hydrogens is 366 g/mol. The number of benzene rings is 2. The van der Waals surface area contributed by atoms with Crippen molar-refractivity contribution in [2.24, 2.45) is 0 Å². The molecule has 0 fully saturated rings. The van der Waals surface area contributed by atoms with E-state index in [1.807, 2.05) is 28.9 Å². The number of aromatic nitrogens is 2. The lowest BCUT2D eigenvalue weighted by Crippen LogP contribution is -2.05. The SMILES string of the molecule is COc1ccc(Br)cc1-c1nn(-c2ccccc2C)c2c1CCN2. The number of hydrogen-bond acceptors (Lipinski definition) is 3. The van der Waals surface area contributed by atoms with Gasteiger partial charge in [-0.15, -0.1) is 0 Å². The van der Waals surface area contributed by atoms with E-state index in [4.69, 9.17) is 9.84 Å². The predicted molar refractivity (Wildman–Crippen MR) is 100 cm³/mol. The summed E-state index contributed by atoms with van der Waals surface area (Å²) in [5.74, 6) is 1.92. The summed E-state index contributed by atoms with van der Waals surface area (Å²) in [6.07, 6.45) is 0.964. The molecule has 2 heterocycles. The van der Waals surface area contributed by atoms with E-state index in [1.165, 1.54) is 11.1 Å². The van der Waals surface area contributed by atoms with Gasteiger partial charge in [0.2, 0.25) is 0 Å². The molecule has 0 unspecified atom stereocenters. The quantitative estimate of drug-likeness (QED) is 0.718. The molecule has 0 spiro atoms. The summed E-state index contributed by atoms with van der Waals surface area (Å²) in [5, 5.41) is 8.42. The van der Waals surface area contributed by atoms with Crippen LogP contribution in [0.5, 0.6) is 5.75 Å². The first-order chi connectivity index (χ1) is 11.7. The van der Waals surface area contributed by atoms with Crippen molar-refractivity contribution in [1.82, 2.24) is 9.78 Å². The largest absolute Gasteiger partial charge is 0.496 e. The van der Waals surface area contributed by atoms with Crippen LogP contribution in [0.2, 0.25) is 0 Å². The highest BCUT2D eigenvalue weighted by Gasteiger charge is 2.26. The Hall–Kier alpha value is -2.27. The fraction of sp³-hybridized carbons (Fsp3) is 0.211. The molecule has 1 N–H and O–H groups in total. The first kappa shape index (κ1) is 15.3. The van der Waals surface area contributed by atoms with Crippen molar-refractivity contribution < 1.29 is 4.74 Å². The highest BCUT2D eigenvalue weighted by molar-refractivity contribution is 9.10. The van der Waals surface area contributed by atoms with Crippen LogP contribution in [0.25, 0.3) is 16.9 Å². The maximum atomic E-state index is 5.56. The third-order valence-electron chi connectivity index (χ3n) is 4.41. The number of methoxy groups -OCH3 is 1. The predicted octanol–water partition coefficient (Wildman–Crippen LogP) is 4.59. The normalized spacial score (nSPS) is 12.8. The maximum absolute atomic E-state index is 5.56. The lowest BCUT2D eigenvalue weighted by Gasteiger charge is -2.10. The van der Waals surface area contributed by atoms with Gasteiger partial charge in [0, 0.05) is 22.1 Å². The summed E-state index contributed by atoms with van der Waals surface area (Å²) < 4.78 is 8.60. The monoisotopic (exact) mass is 383 g/mol. The first-order valence-corrected chi connectivity index (χ1v) is 8.74. The number of halogens is 1. The van der Waals surface area contributed by atoms with Crippen molar-refractivity contribution in [3.8, 4) is 22.7 Å². The van der Waals surface area contributed by atoms with Crippen molar-refractivity contribution >= 4 is 21.7 Å². The molecule has 0 amide bonds. The van der Waals surface area contributed by atoms with Crippen LogP contribution in [-0.4, -0.2) is 23.4 Å². The van der Waals surface area contributed by atoms with Crippen molar-refractivity contribution in [1.29, 1.82) is 0 Å². The zero-order valence-corrected chi connectivity index (χ0v) is 15.2. The summed E-state index contributed by atoms with van der Waals surface area (Å²) in [4.78, 5) is 0. The Morgan fingerprint density at radius 3 is 2.83 bits per heavy atom. The number of ether oxygens (including phenoxy) is 1. The highest BCUT2D eigenvalue weighted by atomic mass is 79.9. The van der Waals surface area contributed by atoms with Crippen LogP contribution < -0.4 is 10.1 Å². The number of para-hydroxylation sites is 1. The van der Waals surface area contributed by atoms with Crippen LogP contribution in [0.3, 0.4) is 0 Å². The molecule has 0 atom stereocenters. The van der Waals surface area contributed by atoms with Crippen LogP contribution in [0, 0.1) is 6.92 Å². The van der Waals surface area contributed by atoms with Crippen molar-refractivity contribution in [2.75, 3.05) is 19.0 Å². The molecule has 3 aromatic rings.